The van der Waals surface area contributed by atoms with E-state index in [4.69, 9.17) is 10.8 Å². The lowest BCUT2D eigenvalue weighted by atomic mass is 10.0. The van der Waals surface area contributed by atoms with Gasteiger partial charge in [-0.15, -0.1) is 0 Å². The number of anilines is 1. The Morgan fingerprint density at radius 3 is 1.24 bits per heavy atom. The van der Waals surface area contributed by atoms with Gasteiger partial charge in [0.2, 0.25) is 41.4 Å². The van der Waals surface area contributed by atoms with Gasteiger partial charge < -0.3 is 115 Å². The van der Waals surface area contributed by atoms with E-state index < -0.39 is 252 Å². The van der Waals surface area contributed by atoms with Crippen LogP contribution in [-0.4, -0.2) is 322 Å². The predicted molar refractivity (Wildman–Crippen MR) is 400 cm³/mol. The molecule has 45 nitrogen and oxygen atoms in total. The number of carbonyl (C=O) groups is 19. The molecule has 8 atom stereocenters. The van der Waals surface area contributed by atoms with Gasteiger partial charge in [-0.2, -0.15) is 0 Å². The first kappa shape index (κ1) is 97.8. The van der Waals surface area contributed by atoms with Gasteiger partial charge in [0.25, 0.3) is 0 Å². The highest BCUT2D eigenvalue weighted by molar-refractivity contribution is 5.97. The quantitative estimate of drug-likeness (QED) is 0.0285. The zero-order valence-electron chi connectivity index (χ0n) is 63.4. The number of rotatable bonds is 53. The van der Waals surface area contributed by atoms with E-state index in [1.165, 1.54) is 24.3 Å². The van der Waals surface area contributed by atoms with Gasteiger partial charge in [0.15, 0.2) is 0 Å². The molecule has 116 heavy (non-hydrogen) atoms. The van der Waals surface area contributed by atoms with Gasteiger partial charge in [0.05, 0.1) is 26.2 Å². The van der Waals surface area contributed by atoms with E-state index >= 15 is 0 Å². The van der Waals surface area contributed by atoms with Crippen LogP contribution in [0.15, 0.2) is 48.5 Å². The number of nitrogens with zero attached hydrogens (tertiary/aromatic N) is 4. The van der Waals surface area contributed by atoms with Gasteiger partial charge in [0.1, 0.15) is 48.0 Å². The molecule has 11 amide bonds. The summed E-state index contributed by atoms with van der Waals surface area (Å²) in [6.45, 7) is -1.22. The lowest BCUT2D eigenvalue weighted by Crippen LogP contribution is -2.59. The van der Waals surface area contributed by atoms with Crippen molar-refractivity contribution >= 4 is 119 Å². The molecule has 642 valence electrons. The molecule has 1 fully saturated rings. The summed E-state index contributed by atoms with van der Waals surface area (Å²) in [7, 11) is 0. The normalized spacial score (nSPS) is 15.4. The SMILES string of the molecule is NC(=O)C(CCCCNC(=O)Nc1ccc(CC2CN(CC(=O)O)CCN(CC(=O)O)CCN(CC(=O)O)CCN2CC(=O)O)cc1)NC(=O)C(Cc1ccc(O)cc1)NC(=O)C(CCC(=O)O)NC(=O)C(CCC(=O)O)NC(=O)C(CCC(=O)O)NC(=O)CCCCCNC(=O)CCC(NC(=O)NC(CCC(=O)O)C(=O)O)C(=O)O. The lowest BCUT2D eigenvalue weighted by Gasteiger charge is -2.37. The molecule has 1 aliphatic heterocycles. The number of carboxylic acid groups (broad SMARTS) is 10. The van der Waals surface area contributed by atoms with E-state index in [0.29, 0.717) is 16.8 Å². The fourth-order valence-electron chi connectivity index (χ4n) is 11.9. The average molecular weight is 1650 g/mol. The minimum absolute atomic E-state index is 0.000404. The van der Waals surface area contributed by atoms with Gasteiger partial charge in [-0.1, -0.05) is 30.7 Å². The van der Waals surface area contributed by atoms with Crippen molar-refractivity contribution in [2.75, 3.05) is 90.4 Å². The molecule has 0 spiro atoms. The number of carboxylic acids is 10. The van der Waals surface area contributed by atoms with Crippen LogP contribution in [0.25, 0.3) is 0 Å². The number of aromatic hydroxyl groups is 1. The molecule has 2 aromatic rings. The van der Waals surface area contributed by atoms with Crippen molar-refractivity contribution in [3.05, 3.63) is 59.7 Å². The van der Waals surface area contributed by atoms with Crippen molar-refractivity contribution < 1.29 is 147 Å². The van der Waals surface area contributed by atoms with Crippen LogP contribution in [0.1, 0.15) is 120 Å². The van der Waals surface area contributed by atoms with Crippen LogP contribution >= 0.6 is 0 Å². The number of hydrogen-bond donors (Lipinski definition) is 22. The van der Waals surface area contributed by atoms with Crippen LogP contribution in [0.5, 0.6) is 5.75 Å². The molecule has 0 radical (unpaired) electrons. The number of primary amides is 1. The van der Waals surface area contributed by atoms with Crippen molar-refractivity contribution in [2.45, 2.75) is 170 Å². The minimum Gasteiger partial charge on any atom is -0.508 e. The van der Waals surface area contributed by atoms with E-state index in [1.54, 1.807) is 43.9 Å². The number of hydrogen-bond acceptors (Lipinski definition) is 24. The Labute approximate surface area is 663 Å². The molecule has 3 rings (SSSR count). The number of carbonyl (C=O) groups excluding carboxylic acids is 9. The third-order valence-electron chi connectivity index (χ3n) is 17.9. The van der Waals surface area contributed by atoms with Gasteiger partial charge in [-0.05, 0) is 106 Å². The van der Waals surface area contributed by atoms with Gasteiger partial charge in [0, 0.05) is 116 Å². The minimum atomic E-state index is -1.88. The third-order valence-corrected chi connectivity index (χ3v) is 17.9. The lowest BCUT2D eigenvalue weighted by molar-refractivity contribution is -0.142. The first-order valence-electron chi connectivity index (χ1n) is 36.9. The van der Waals surface area contributed by atoms with Crippen molar-refractivity contribution in [3.63, 3.8) is 0 Å². The first-order chi connectivity index (χ1) is 54.7. The average Bonchev–Trinajstić information content (AvgIpc) is 0.851. The molecule has 1 saturated heterocycles. The summed E-state index contributed by atoms with van der Waals surface area (Å²) in [6, 6.07) is -2.83. The van der Waals surface area contributed by atoms with E-state index in [1.807, 2.05) is 10.6 Å². The summed E-state index contributed by atoms with van der Waals surface area (Å²) >= 11 is 0. The summed E-state index contributed by atoms with van der Waals surface area (Å²) in [5, 5.41) is 129. The number of benzene rings is 2. The second kappa shape index (κ2) is 52.1. The second-order valence-corrected chi connectivity index (χ2v) is 27.2. The maximum atomic E-state index is 14.3. The Bertz CT molecular complexity index is 3720. The number of nitrogens with one attached hydrogen (secondary N) is 10. The molecule has 0 aliphatic carbocycles. The van der Waals surface area contributed by atoms with Crippen LogP contribution in [0.3, 0.4) is 0 Å². The number of aliphatic carboxylic acids is 10. The van der Waals surface area contributed by atoms with Gasteiger partial charge in [-0.3, -0.25) is 91.5 Å². The molecule has 23 N–H and O–H groups in total. The number of urea groups is 2. The first-order valence-corrected chi connectivity index (χ1v) is 36.9. The fourth-order valence-corrected chi connectivity index (χ4v) is 11.9. The van der Waals surface area contributed by atoms with Crippen LogP contribution in [-0.2, 0) is 94.3 Å². The Morgan fingerprint density at radius 2 is 0.767 bits per heavy atom. The van der Waals surface area contributed by atoms with Crippen LogP contribution in [0, 0.1) is 0 Å². The van der Waals surface area contributed by atoms with E-state index in [2.05, 4.69) is 42.5 Å². The number of amides is 11. The Balaban J connectivity index is 1.69. The molecule has 8 unspecified atom stereocenters. The zero-order valence-corrected chi connectivity index (χ0v) is 63.4. The molecule has 0 bridgehead atoms. The number of unbranched alkanes of at least 4 members (excludes halogenated alkanes) is 3. The van der Waals surface area contributed by atoms with Crippen LogP contribution in [0.4, 0.5) is 15.3 Å². The van der Waals surface area contributed by atoms with Crippen LogP contribution < -0.4 is 58.9 Å². The summed E-state index contributed by atoms with van der Waals surface area (Å²) in [5.74, 6) is -21.1. The fraction of sp³-hybridized carbons (Fsp3) is 0.563. The molecular weight excluding hydrogens is 1540 g/mol. The van der Waals surface area contributed by atoms with Crippen LogP contribution in [0.2, 0.25) is 0 Å². The molecule has 1 heterocycles. The highest BCUT2D eigenvalue weighted by atomic mass is 16.4. The summed E-state index contributed by atoms with van der Waals surface area (Å²) in [4.78, 5) is 244. The topological polar surface area (TPSA) is 706 Å². The standard InChI is InChI=1S/C71H103N15O30/c72-63(106)46(6-3-5-27-74-70(115)75-43-12-8-41(9-13-43)34-44-36-85(39-61(102)103)31-30-83(37-59(98)99)28-29-84(38-60(100)101)32-33-86(44)40-62(104)105)77-67(110)52(35-42-10-14-45(87)15-11-42)80-66(109)49(19-24-57(94)95)79-65(108)48(18-23-56(92)93)78-64(107)47(17-22-55(90)91)76-54(89)7-2-1-4-26-73-53(88)21-16-50(68(111)112)81-71(116)82-51(69(113)114)20-25-58(96)97/h8-15,44,46-52,87H,1-7,16-40H2,(H2,72,106)(H,73,88)(H,76,89)(H,77,110)(H,78,107)(H,79,108)(H,80,109)(H,90,91)(H,92,93)(H,94,95)(H,96,97)(H,98,99)(H,100,101)(H,102,103)(H,104,105)(H,111,112)(H,113,114)(H2,74,75,115)(H2,81,82,116). The highest BCUT2D eigenvalue weighted by Gasteiger charge is 2.35. The summed E-state index contributed by atoms with van der Waals surface area (Å²) < 4.78 is 0. The smallest absolute Gasteiger partial charge is 0.326 e. The Morgan fingerprint density at radius 1 is 0.362 bits per heavy atom. The van der Waals surface area contributed by atoms with Crippen molar-refractivity contribution in [1.82, 2.24) is 67.5 Å². The molecule has 1 aliphatic rings. The molecule has 0 aromatic heterocycles. The highest BCUT2D eigenvalue weighted by Crippen LogP contribution is 2.19. The monoisotopic (exact) mass is 1650 g/mol. The van der Waals surface area contributed by atoms with Crippen molar-refractivity contribution in [3.8, 4) is 5.75 Å². The predicted octanol–water partition coefficient (Wildman–Crippen LogP) is -3.57. The molecular formula is C71H103N15O30. The molecule has 0 saturated carbocycles. The summed E-state index contributed by atoms with van der Waals surface area (Å²) in [6.07, 6.45) is -6.12. The Kier molecular flexibility index (Phi) is 43.9. The maximum absolute atomic E-state index is 14.3. The number of nitrogens with two attached hydrogens (primary N) is 1. The molecule has 45 heteroatoms. The largest absolute Gasteiger partial charge is 0.508 e. The van der Waals surface area contributed by atoms with Crippen molar-refractivity contribution in [1.29, 1.82) is 0 Å². The van der Waals surface area contributed by atoms with Gasteiger partial charge in [-0.25, -0.2) is 19.2 Å². The third kappa shape index (κ3) is 41.9. The van der Waals surface area contributed by atoms with E-state index in [-0.39, 0.29) is 122 Å². The Hall–Kier alpha value is -12.4. The maximum Gasteiger partial charge on any atom is 0.326 e. The van der Waals surface area contributed by atoms with E-state index in [0.717, 1.165) is 0 Å². The summed E-state index contributed by atoms with van der Waals surface area (Å²) in [5.41, 5.74) is 6.97. The number of phenols is 1. The number of phenolic OH excluding ortho intramolecular Hbond substituents is 1. The van der Waals surface area contributed by atoms with Gasteiger partial charge >= 0.3 is 71.8 Å². The van der Waals surface area contributed by atoms with E-state index in [9.17, 15) is 142 Å². The second-order valence-electron chi connectivity index (χ2n) is 27.2. The zero-order chi connectivity index (χ0) is 86.6. The molecule has 2 aromatic carbocycles. The van der Waals surface area contributed by atoms with Crippen molar-refractivity contribution in [2.24, 2.45) is 5.73 Å².